The second-order valence-electron chi connectivity index (χ2n) is 7.03. The molecule has 1 fully saturated rings. The Hall–Kier alpha value is -2.05. The molecule has 1 atom stereocenters. The number of thiophene rings is 1. The van der Waals surface area contributed by atoms with Crippen molar-refractivity contribution < 1.29 is 0 Å². The molecule has 0 aliphatic carbocycles. The lowest BCUT2D eigenvalue weighted by Gasteiger charge is -2.39. The van der Waals surface area contributed by atoms with E-state index < -0.39 is 0 Å². The van der Waals surface area contributed by atoms with Gasteiger partial charge in [0.2, 0.25) is 0 Å². The summed E-state index contributed by atoms with van der Waals surface area (Å²) in [5.41, 5.74) is 1.33. The maximum absolute atomic E-state index is 4.35. The van der Waals surface area contributed by atoms with E-state index in [1.165, 1.54) is 15.4 Å². The standard InChI is InChI=1S/C21H31N5S/c1-17(15-23-21(22-3)24-16-20-10-9-18(2)27-20)25-11-13-26(14-12-25)19-7-5-4-6-8-19/h4-10,17H,11-16H2,1-3H3,(H2,22,23,24). The highest BCUT2D eigenvalue weighted by Crippen LogP contribution is 2.16. The first-order chi connectivity index (χ1) is 13.2. The van der Waals surface area contributed by atoms with Gasteiger partial charge in [-0.15, -0.1) is 11.3 Å². The van der Waals surface area contributed by atoms with Crippen molar-refractivity contribution in [3.8, 4) is 0 Å². The summed E-state index contributed by atoms with van der Waals surface area (Å²) in [6.07, 6.45) is 0. The molecule has 0 bridgehead atoms. The number of aryl methyl sites for hydroxylation is 1. The van der Waals surface area contributed by atoms with Crippen LogP contribution in [0.4, 0.5) is 5.69 Å². The molecular weight excluding hydrogens is 354 g/mol. The van der Waals surface area contributed by atoms with Gasteiger partial charge in [-0.2, -0.15) is 0 Å². The molecule has 6 heteroatoms. The van der Waals surface area contributed by atoms with E-state index in [0.29, 0.717) is 6.04 Å². The Morgan fingerprint density at radius 1 is 1.07 bits per heavy atom. The van der Waals surface area contributed by atoms with Gasteiger partial charge < -0.3 is 15.5 Å². The van der Waals surface area contributed by atoms with Crippen LogP contribution in [0.25, 0.3) is 0 Å². The van der Waals surface area contributed by atoms with Crippen LogP contribution >= 0.6 is 11.3 Å². The molecule has 1 unspecified atom stereocenters. The van der Waals surface area contributed by atoms with Crippen LogP contribution in [0.15, 0.2) is 47.5 Å². The van der Waals surface area contributed by atoms with Gasteiger partial charge in [0, 0.05) is 61.3 Å². The largest absolute Gasteiger partial charge is 0.369 e. The van der Waals surface area contributed by atoms with E-state index in [1.807, 2.05) is 18.4 Å². The highest BCUT2D eigenvalue weighted by atomic mass is 32.1. The Kier molecular flexibility index (Phi) is 7.12. The Bertz CT molecular complexity index is 719. The summed E-state index contributed by atoms with van der Waals surface area (Å²) in [7, 11) is 1.83. The van der Waals surface area contributed by atoms with Crippen LogP contribution in [0.1, 0.15) is 16.7 Å². The van der Waals surface area contributed by atoms with Crippen molar-refractivity contribution in [2.45, 2.75) is 26.4 Å². The average Bonchev–Trinajstić information content (AvgIpc) is 3.14. The first kappa shape index (κ1) is 19.7. The van der Waals surface area contributed by atoms with Crippen LogP contribution in [0.2, 0.25) is 0 Å². The van der Waals surface area contributed by atoms with Crippen LogP contribution < -0.4 is 15.5 Å². The second kappa shape index (κ2) is 9.76. The van der Waals surface area contributed by atoms with Crippen molar-refractivity contribution in [3.63, 3.8) is 0 Å². The number of nitrogens with zero attached hydrogens (tertiary/aromatic N) is 3. The molecular formula is C21H31N5S. The molecule has 146 valence electrons. The van der Waals surface area contributed by atoms with Crippen LogP contribution in [0.5, 0.6) is 0 Å². The van der Waals surface area contributed by atoms with Gasteiger partial charge >= 0.3 is 0 Å². The lowest BCUT2D eigenvalue weighted by atomic mass is 10.2. The summed E-state index contributed by atoms with van der Waals surface area (Å²) >= 11 is 1.83. The molecule has 1 aromatic carbocycles. The third-order valence-corrected chi connectivity index (χ3v) is 6.07. The van der Waals surface area contributed by atoms with Gasteiger partial charge in [0.1, 0.15) is 0 Å². The fourth-order valence-corrected chi connectivity index (χ4v) is 4.23. The monoisotopic (exact) mass is 385 g/mol. The Morgan fingerprint density at radius 3 is 2.44 bits per heavy atom. The van der Waals surface area contributed by atoms with Crippen molar-refractivity contribution in [1.82, 2.24) is 15.5 Å². The molecule has 27 heavy (non-hydrogen) atoms. The molecule has 2 N–H and O–H groups in total. The van der Waals surface area contributed by atoms with Gasteiger partial charge in [-0.05, 0) is 38.1 Å². The molecule has 0 radical (unpaired) electrons. The van der Waals surface area contributed by atoms with E-state index in [0.717, 1.165) is 45.2 Å². The van der Waals surface area contributed by atoms with E-state index in [2.05, 4.69) is 81.7 Å². The van der Waals surface area contributed by atoms with Gasteiger partial charge in [-0.3, -0.25) is 9.89 Å². The van der Waals surface area contributed by atoms with E-state index in [-0.39, 0.29) is 0 Å². The summed E-state index contributed by atoms with van der Waals surface area (Å²) in [5.74, 6) is 0.871. The van der Waals surface area contributed by atoms with Crippen molar-refractivity contribution in [2.24, 2.45) is 4.99 Å². The fraction of sp³-hybridized carbons (Fsp3) is 0.476. The number of piperazine rings is 1. The zero-order valence-electron chi connectivity index (χ0n) is 16.6. The Labute approximate surface area is 167 Å². The molecule has 1 aliphatic heterocycles. The number of anilines is 1. The predicted octanol–water partition coefficient (Wildman–Crippen LogP) is 2.93. The summed E-state index contributed by atoms with van der Waals surface area (Å²) in [5, 5.41) is 6.88. The number of hydrogen-bond donors (Lipinski definition) is 2. The summed E-state index contributed by atoms with van der Waals surface area (Å²) in [6.45, 7) is 10.5. The minimum absolute atomic E-state index is 0.477. The first-order valence-electron chi connectivity index (χ1n) is 9.69. The minimum Gasteiger partial charge on any atom is -0.369 e. The first-order valence-corrected chi connectivity index (χ1v) is 10.5. The fourth-order valence-electron chi connectivity index (χ4n) is 3.40. The van der Waals surface area contributed by atoms with Crippen molar-refractivity contribution in [3.05, 3.63) is 52.2 Å². The van der Waals surface area contributed by atoms with Gasteiger partial charge in [0.15, 0.2) is 5.96 Å². The molecule has 3 rings (SSSR count). The SMILES string of the molecule is CN=C(NCc1ccc(C)s1)NCC(C)N1CCN(c2ccccc2)CC1. The maximum atomic E-state index is 4.35. The van der Waals surface area contributed by atoms with Gasteiger partial charge in [-0.1, -0.05) is 18.2 Å². The second-order valence-corrected chi connectivity index (χ2v) is 8.40. The van der Waals surface area contributed by atoms with Crippen LogP contribution in [0.3, 0.4) is 0 Å². The van der Waals surface area contributed by atoms with Gasteiger partial charge in [0.25, 0.3) is 0 Å². The molecule has 5 nitrogen and oxygen atoms in total. The number of aliphatic imine (C=N–C) groups is 1. The molecule has 1 saturated heterocycles. The molecule has 0 saturated carbocycles. The number of rotatable bonds is 6. The smallest absolute Gasteiger partial charge is 0.191 e. The van der Waals surface area contributed by atoms with Crippen LogP contribution in [0, 0.1) is 6.92 Å². The number of para-hydroxylation sites is 1. The van der Waals surface area contributed by atoms with Crippen LogP contribution in [-0.4, -0.2) is 56.7 Å². The van der Waals surface area contributed by atoms with Crippen molar-refractivity contribution in [1.29, 1.82) is 0 Å². The van der Waals surface area contributed by atoms with E-state index in [1.54, 1.807) is 0 Å². The van der Waals surface area contributed by atoms with E-state index in [4.69, 9.17) is 0 Å². The highest BCUT2D eigenvalue weighted by molar-refractivity contribution is 7.11. The normalized spacial score (nSPS) is 17.0. The molecule has 1 aromatic heterocycles. The predicted molar refractivity (Wildman–Crippen MR) is 117 cm³/mol. The zero-order chi connectivity index (χ0) is 19.1. The molecule has 0 spiro atoms. The van der Waals surface area contributed by atoms with Crippen LogP contribution in [-0.2, 0) is 6.54 Å². The van der Waals surface area contributed by atoms with E-state index in [9.17, 15) is 0 Å². The van der Waals surface area contributed by atoms with Gasteiger partial charge in [0.05, 0.1) is 6.54 Å². The summed E-state index contributed by atoms with van der Waals surface area (Å²) in [4.78, 5) is 12.1. The zero-order valence-corrected chi connectivity index (χ0v) is 17.4. The molecule has 2 aromatic rings. The van der Waals surface area contributed by atoms with Gasteiger partial charge in [-0.25, -0.2) is 0 Å². The third kappa shape index (κ3) is 5.71. The molecule has 0 amide bonds. The highest BCUT2D eigenvalue weighted by Gasteiger charge is 2.21. The van der Waals surface area contributed by atoms with E-state index >= 15 is 0 Å². The molecule has 1 aliphatic rings. The quantitative estimate of drug-likeness (QED) is 0.593. The lowest BCUT2D eigenvalue weighted by Crippen LogP contribution is -2.53. The third-order valence-electron chi connectivity index (χ3n) is 5.07. The van der Waals surface area contributed by atoms with Crippen molar-refractivity contribution in [2.75, 3.05) is 44.7 Å². The van der Waals surface area contributed by atoms with Crippen molar-refractivity contribution >= 4 is 23.0 Å². The summed E-state index contributed by atoms with van der Waals surface area (Å²) < 4.78 is 0. The Morgan fingerprint density at radius 2 is 1.81 bits per heavy atom. The Balaban J connectivity index is 1.40. The minimum atomic E-state index is 0.477. The topological polar surface area (TPSA) is 42.9 Å². The maximum Gasteiger partial charge on any atom is 0.191 e. The number of nitrogens with one attached hydrogen (secondary N) is 2. The lowest BCUT2D eigenvalue weighted by molar-refractivity contribution is 0.197. The molecule has 2 heterocycles. The average molecular weight is 386 g/mol. The number of benzene rings is 1. The summed E-state index contributed by atoms with van der Waals surface area (Å²) in [6, 6.07) is 15.5. The number of guanidine groups is 1. The number of hydrogen-bond acceptors (Lipinski definition) is 4.